The second-order valence-corrected chi connectivity index (χ2v) is 11.2. The van der Waals surface area contributed by atoms with Gasteiger partial charge >= 0.3 is 6.09 Å². The Morgan fingerprint density at radius 2 is 1.92 bits per heavy atom. The van der Waals surface area contributed by atoms with Gasteiger partial charge in [-0.2, -0.15) is 0 Å². The maximum absolute atomic E-state index is 11.5. The molecule has 1 saturated heterocycles. The molecule has 0 spiro atoms. The highest BCUT2D eigenvalue weighted by atomic mass is 16.4. The number of piperidine rings is 1. The van der Waals surface area contributed by atoms with Crippen LogP contribution in [0.2, 0.25) is 0 Å². The Kier molecular flexibility index (Phi) is 7.21. The summed E-state index contributed by atoms with van der Waals surface area (Å²) in [6.07, 6.45) is 2.90. The zero-order valence-corrected chi connectivity index (χ0v) is 22.6. The lowest BCUT2D eigenvalue weighted by atomic mass is 9.75. The first-order chi connectivity index (χ1) is 18.2. The van der Waals surface area contributed by atoms with Crippen molar-refractivity contribution in [2.45, 2.75) is 53.1 Å². The first-order valence-corrected chi connectivity index (χ1v) is 13.4. The van der Waals surface area contributed by atoms with E-state index >= 15 is 0 Å². The molecule has 4 aromatic rings. The van der Waals surface area contributed by atoms with Crippen molar-refractivity contribution in [1.82, 2.24) is 30.2 Å². The first kappa shape index (κ1) is 25.9. The molecule has 5 rings (SSSR count). The van der Waals surface area contributed by atoms with E-state index in [0.717, 1.165) is 72.8 Å². The monoisotopic (exact) mass is 515 g/mol. The molecular weight excluding hydrogens is 478 g/mol. The summed E-state index contributed by atoms with van der Waals surface area (Å²) in [5.41, 5.74) is 4.65. The van der Waals surface area contributed by atoms with Gasteiger partial charge in [0.1, 0.15) is 5.69 Å². The minimum Gasteiger partial charge on any atom is -0.465 e. The number of anilines is 1. The predicted octanol–water partition coefficient (Wildman–Crippen LogP) is 4.95. The molecule has 1 fully saturated rings. The quantitative estimate of drug-likeness (QED) is 0.320. The van der Waals surface area contributed by atoms with Crippen LogP contribution in [0.15, 0.2) is 48.7 Å². The van der Waals surface area contributed by atoms with Gasteiger partial charge in [0.05, 0.1) is 11.2 Å². The number of benzene rings is 1. The molecule has 9 nitrogen and oxygen atoms in total. The number of hydrogen-bond acceptors (Lipinski definition) is 6. The largest absolute Gasteiger partial charge is 0.465 e. The molecule has 9 heteroatoms. The van der Waals surface area contributed by atoms with E-state index < -0.39 is 6.09 Å². The van der Waals surface area contributed by atoms with Gasteiger partial charge in [-0.3, -0.25) is 4.40 Å². The van der Waals surface area contributed by atoms with Crippen molar-refractivity contribution >= 4 is 28.3 Å². The van der Waals surface area contributed by atoms with Gasteiger partial charge in [-0.05, 0) is 60.5 Å². The number of nitrogens with zero attached hydrogens (tertiary/aromatic N) is 5. The summed E-state index contributed by atoms with van der Waals surface area (Å²) in [6, 6.07) is 14.5. The van der Waals surface area contributed by atoms with E-state index in [1.54, 1.807) is 0 Å². The summed E-state index contributed by atoms with van der Waals surface area (Å²) in [5, 5.41) is 25.5. The normalized spacial score (nSPS) is 15.7. The van der Waals surface area contributed by atoms with Gasteiger partial charge in [-0.15, -0.1) is 10.2 Å². The average molecular weight is 516 g/mol. The molecule has 1 aliphatic rings. The molecule has 1 unspecified atom stereocenters. The van der Waals surface area contributed by atoms with Crippen molar-refractivity contribution in [1.29, 1.82) is 0 Å². The summed E-state index contributed by atoms with van der Waals surface area (Å²) in [4.78, 5) is 18.9. The molecule has 1 aliphatic heterocycles. The standard InChI is InChI=1S/C29H37N7O2/c1-5-30-18-19-11-16-36-24(17-19)33-34-27(36)22-10-9-20-7-6-8-23(25(20)31-22)35-14-12-21(13-15-35)26(29(2,3)4)32-28(37)38/h6-11,16-17,21,26,30,32H,5,12-15,18H2,1-4H3,(H,37,38). The number of carbonyl (C=O) groups is 1. The van der Waals surface area contributed by atoms with Crippen LogP contribution in [0.3, 0.4) is 0 Å². The van der Waals surface area contributed by atoms with Crippen LogP contribution in [0.4, 0.5) is 10.5 Å². The zero-order valence-electron chi connectivity index (χ0n) is 22.6. The van der Waals surface area contributed by atoms with Gasteiger partial charge in [0.25, 0.3) is 0 Å². The molecule has 1 atom stereocenters. The molecule has 1 amide bonds. The lowest BCUT2D eigenvalue weighted by molar-refractivity contribution is 0.142. The maximum atomic E-state index is 11.5. The molecule has 4 heterocycles. The number of pyridine rings is 2. The predicted molar refractivity (Wildman–Crippen MR) is 150 cm³/mol. The van der Waals surface area contributed by atoms with E-state index in [0.29, 0.717) is 5.92 Å². The van der Waals surface area contributed by atoms with Crippen LogP contribution in [0, 0.1) is 11.3 Å². The maximum Gasteiger partial charge on any atom is 0.404 e. The fraction of sp³-hybridized carbons (Fsp3) is 0.448. The second-order valence-electron chi connectivity index (χ2n) is 11.2. The molecule has 3 aromatic heterocycles. The molecule has 0 aliphatic carbocycles. The smallest absolute Gasteiger partial charge is 0.404 e. The van der Waals surface area contributed by atoms with Crippen molar-refractivity contribution in [3.8, 4) is 11.5 Å². The third kappa shape index (κ3) is 5.29. The molecule has 0 saturated carbocycles. The lowest BCUT2D eigenvalue weighted by Crippen LogP contribution is -2.51. The minimum absolute atomic E-state index is 0.0844. The Bertz CT molecular complexity index is 1430. The zero-order chi connectivity index (χ0) is 26.9. The molecular formula is C29H37N7O2. The Labute approximate surface area is 223 Å². The van der Waals surface area contributed by atoms with Crippen LogP contribution in [0.5, 0.6) is 0 Å². The van der Waals surface area contributed by atoms with E-state index in [2.05, 4.69) is 89.8 Å². The lowest BCUT2D eigenvalue weighted by Gasteiger charge is -2.42. The molecule has 3 N–H and O–H groups in total. The van der Waals surface area contributed by atoms with Crippen molar-refractivity contribution < 1.29 is 9.90 Å². The van der Waals surface area contributed by atoms with Crippen molar-refractivity contribution in [2.75, 3.05) is 24.5 Å². The Balaban J connectivity index is 1.41. The van der Waals surface area contributed by atoms with Crippen molar-refractivity contribution in [3.63, 3.8) is 0 Å². The van der Waals surface area contributed by atoms with Crippen LogP contribution < -0.4 is 15.5 Å². The Morgan fingerprint density at radius 3 is 2.63 bits per heavy atom. The third-order valence-corrected chi connectivity index (χ3v) is 7.55. The fourth-order valence-corrected chi connectivity index (χ4v) is 5.65. The average Bonchev–Trinajstić information content (AvgIpc) is 3.33. The van der Waals surface area contributed by atoms with Gasteiger partial charge in [0, 0.05) is 37.3 Å². The van der Waals surface area contributed by atoms with Gasteiger partial charge in [-0.1, -0.05) is 45.9 Å². The van der Waals surface area contributed by atoms with Crippen LogP contribution in [-0.4, -0.2) is 56.5 Å². The van der Waals surface area contributed by atoms with Crippen molar-refractivity contribution in [2.24, 2.45) is 11.3 Å². The topological polar surface area (TPSA) is 108 Å². The number of nitrogens with one attached hydrogen (secondary N) is 2. The molecule has 1 aromatic carbocycles. The summed E-state index contributed by atoms with van der Waals surface area (Å²) in [5.74, 6) is 1.01. The van der Waals surface area contributed by atoms with Crippen LogP contribution in [0.25, 0.3) is 28.1 Å². The molecule has 0 radical (unpaired) electrons. The van der Waals surface area contributed by atoms with Crippen molar-refractivity contribution in [3.05, 3.63) is 54.2 Å². The summed E-state index contributed by atoms with van der Waals surface area (Å²) < 4.78 is 1.99. The number of rotatable bonds is 7. The minimum atomic E-state index is -0.951. The SMILES string of the molecule is CCNCc1ccn2c(-c3ccc4cccc(N5CCC(C(NC(=O)O)C(C)(C)C)CC5)c4n3)nnc2c1. The van der Waals surface area contributed by atoms with Crippen LogP contribution in [0.1, 0.15) is 46.1 Å². The fourth-order valence-electron chi connectivity index (χ4n) is 5.65. The van der Waals surface area contributed by atoms with Gasteiger partial charge in [0.2, 0.25) is 0 Å². The summed E-state index contributed by atoms with van der Waals surface area (Å²) >= 11 is 0. The van der Waals surface area contributed by atoms with Gasteiger partial charge in [0.15, 0.2) is 11.5 Å². The van der Waals surface area contributed by atoms with Crippen LogP contribution in [-0.2, 0) is 6.54 Å². The first-order valence-electron chi connectivity index (χ1n) is 13.4. The highest BCUT2D eigenvalue weighted by Gasteiger charge is 2.35. The number of carboxylic acid groups (broad SMARTS) is 1. The number of aromatic nitrogens is 4. The van der Waals surface area contributed by atoms with E-state index in [-0.39, 0.29) is 11.5 Å². The Hall–Kier alpha value is -3.72. The van der Waals surface area contributed by atoms with E-state index in [1.165, 1.54) is 5.56 Å². The van der Waals surface area contributed by atoms with E-state index in [1.807, 2.05) is 16.7 Å². The summed E-state index contributed by atoms with van der Waals surface area (Å²) in [7, 11) is 0. The number of fused-ring (bicyclic) bond motifs is 2. The van der Waals surface area contributed by atoms with Crippen LogP contribution >= 0.6 is 0 Å². The van der Waals surface area contributed by atoms with E-state index in [4.69, 9.17) is 4.98 Å². The number of para-hydroxylation sites is 1. The number of hydrogen-bond donors (Lipinski definition) is 3. The molecule has 0 bridgehead atoms. The van der Waals surface area contributed by atoms with Gasteiger partial charge < -0.3 is 20.6 Å². The highest BCUT2D eigenvalue weighted by molar-refractivity contribution is 5.92. The summed E-state index contributed by atoms with van der Waals surface area (Å²) in [6.45, 7) is 11.8. The number of amides is 1. The molecule has 38 heavy (non-hydrogen) atoms. The Morgan fingerprint density at radius 1 is 1.13 bits per heavy atom. The highest BCUT2D eigenvalue weighted by Crippen LogP contribution is 2.35. The second kappa shape index (κ2) is 10.6. The van der Waals surface area contributed by atoms with E-state index in [9.17, 15) is 9.90 Å². The third-order valence-electron chi connectivity index (χ3n) is 7.55. The molecule has 200 valence electrons. The van der Waals surface area contributed by atoms with Gasteiger partial charge in [-0.25, -0.2) is 9.78 Å².